The van der Waals surface area contributed by atoms with Crippen LogP contribution in [0.5, 0.6) is 0 Å². The van der Waals surface area contributed by atoms with Crippen LogP contribution in [0.1, 0.15) is 56.9 Å². The van der Waals surface area contributed by atoms with E-state index >= 15 is 0 Å². The minimum atomic E-state index is -0.265. The Bertz CT molecular complexity index is 803. The van der Waals surface area contributed by atoms with Gasteiger partial charge in [-0.05, 0) is 63.3 Å². The normalized spacial score (nSPS) is 19.2. The molecule has 0 radical (unpaired) electrons. The smallest absolute Gasteiger partial charge is 0.226 e. The van der Waals surface area contributed by atoms with E-state index in [0.29, 0.717) is 0 Å². The maximum Gasteiger partial charge on any atom is 0.226 e. The summed E-state index contributed by atoms with van der Waals surface area (Å²) >= 11 is 0. The van der Waals surface area contributed by atoms with Crippen LogP contribution in [0.25, 0.3) is 10.9 Å². The summed E-state index contributed by atoms with van der Waals surface area (Å²) in [6.07, 6.45) is 4.77. The van der Waals surface area contributed by atoms with Crippen LogP contribution in [0.4, 0.5) is 0 Å². The van der Waals surface area contributed by atoms with Crippen molar-refractivity contribution in [3.05, 3.63) is 35.0 Å². The molecule has 1 aromatic heterocycles. The van der Waals surface area contributed by atoms with Gasteiger partial charge in [-0.3, -0.25) is 4.79 Å². The van der Waals surface area contributed by atoms with Gasteiger partial charge in [0.05, 0.1) is 0 Å². The molecule has 1 aromatic carbocycles. The van der Waals surface area contributed by atoms with Gasteiger partial charge in [0.15, 0.2) is 0 Å². The van der Waals surface area contributed by atoms with Crippen molar-refractivity contribution in [2.75, 3.05) is 20.1 Å². The SMILES string of the molecule is CCC(C)(CC)C(=O)N[C@H]1CCc2cccc3[nH]c(C)c(c23)CCN(C)C1. The minimum absolute atomic E-state index is 0.191. The molecule has 0 unspecified atom stereocenters. The highest BCUT2D eigenvalue weighted by Crippen LogP contribution is 2.29. The number of hydrogen-bond donors (Lipinski definition) is 2. The molecule has 1 amide bonds. The number of aromatic nitrogens is 1. The number of rotatable bonds is 4. The molecule has 0 saturated carbocycles. The third kappa shape index (κ3) is 4.06. The number of amides is 1. The maximum absolute atomic E-state index is 12.9. The molecule has 0 bridgehead atoms. The Morgan fingerprint density at radius 1 is 1.30 bits per heavy atom. The highest BCUT2D eigenvalue weighted by molar-refractivity contribution is 5.88. The van der Waals surface area contributed by atoms with Crippen LogP contribution in [-0.2, 0) is 17.6 Å². The highest BCUT2D eigenvalue weighted by atomic mass is 16.2. The molecule has 4 nitrogen and oxygen atoms in total. The van der Waals surface area contributed by atoms with Crippen LogP contribution in [0.15, 0.2) is 18.2 Å². The molecule has 1 atom stereocenters. The van der Waals surface area contributed by atoms with Gasteiger partial charge in [0.25, 0.3) is 0 Å². The molecule has 27 heavy (non-hydrogen) atoms. The van der Waals surface area contributed by atoms with E-state index in [4.69, 9.17) is 0 Å². The minimum Gasteiger partial charge on any atom is -0.358 e. The van der Waals surface area contributed by atoms with Gasteiger partial charge in [0.1, 0.15) is 0 Å². The van der Waals surface area contributed by atoms with Crippen LogP contribution in [-0.4, -0.2) is 42.0 Å². The zero-order valence-electron chi connectivity index (χ0n) is 17.6. The molecular formula is C23H35N3O. The third-order valence-electron chi connectivity index (χ3n) is 6.71. The number of aromatic amines is 1. The van der Waals surface area contributed by atoms with E-state index in [9.17, 15) is 4.79 Å². The highest BCUT2D eigenvalue weighted by Gasteiger charge is 2.31. The number of carbonyl (C=O) groups is 1. The van der Waals surface area contributed by atoms with Crippen molar-refractivity contribution in [1.29, 1.82) is 0 Å². The first-order valence-electron chi connectivity index (χ1n) is 10.5. The number of H-pyrrole nitrogens is 1. The number of nitrogens with zero attached hydrogens (tertiary/aromatic N) is 1. The van der Waals surface area contributed by atoms with E-state index in [1.54, 1.807) is 0 Å². The standard InChI is InChI=1S/C23H35N3O/c1-6-23(4,7-2)22(27)25-18-12-11-17-9-8-10-20-21(17)19(16(3)24-20)13-14-26(5)15-18/h8-10,18,24H,6-7,11-15H2,1-5H3,(H,25,27)/t18-/m0/s1. The molecule has 2 N–H and O–H groups in total. The van der Waals surface area contributed by atoms with Crippen molar-refractivity contribution >= 4 is 16.8 Å². The fourth-order valence-corrected chi connectivity index (χ4v) is 4.29. The van der Waals surface area contributed by atoms with E-state index in [-0.39, 0.29) is 17.4 Å². The summed E-state index contributed by atoms with van der Waals surface area (Å²) in [7, 11) is 2.17. The zero-order valence-corrected chi connectivity index (χ0v) is 17.6. The average molecular weight is 370 g/mol. The molecule has 4 heteroatoms. The zero-order chi connectivity index (χ0) is 19.6. The van der Waals surface area contributed by atoms with Crippen LogP contribution in [0.3, 0.4) is 0 Å². The number of likely N-dealkylation sites (N-methyl/N-ethyl adjacent to an activating group) is 1. The number of hydrogen-bond acceptors (Lipinski definition) is 2. The fraction of sp³-hybridized carbons (Fsp3) is 0.609. The molecular weight excluding hydrogens is 334 g/mol. The second-order valence-electron chi connectivity index (χ2n) is 8.56. The van der Waals surface area contributed by atoms with Crippen LogP contribution in [0, 0.1) is 12.3 Å². The molecule has 2 heterocycles. The summed E-state index contributed by atoms with van der Waals surface area (Å²) in [5.74, 6) is 0.208. The van der Waals surface area contributed by atoms with Crippen LogP contribution < -0.4 is 5.32 Å². The number of nitrogens with one attached hydrogen (secondary N) is 2. The molecule has 1 aliphatic heterocycles. The Balaban J connectivity index is 1.86. The number of carbonyl (C=O) groups excluding carboxylic acids is 1. The predicted octanol–water partition coefficient (Wildman–Crippen LogP) is 4.21. The fourth-order valence-electron chi connectivity index (χ4n) is 4.29. The van der Waals surface area contributed by atoms with Gasteiger partial charge < -0.3 is 15.2 Å². The van der Waals surface area contributed by atoms with Crippen LogP contribution >= 0.6 is 0 Å². The monoisotopic (exact) mass is 369 g/mol. The van der Waals surface area contributed by atoms with Gasteiger partial charge in [-0.15, -0.1) is 0 Å². The first-order chi connectivity index (χ1) is 12.9. The van der Waals surface area contributed by atoms with Gasteiger partial charge in [0, 0.05) is 41.1 Å². The quantitative estimate of drug-likeness (QED) is 0.848. The van der Waals surface area contributed by atoms with Gasteiger partial charge in [0.2, 0.25) is 5.91 Å². The van der Waals surface area contributed by atoms with Gasteiger partial charge in [-0.25, -0.2) is 0 Å². The van der Waals surface area contributed by atoms with E-state index in [1.165, 1.54) is 27.7 Å². The molecule has 3 rings (SSSR count). The number of aryl methyl sites for hydroxylation is 2. The van der Waals surface area contributed by atoms with E-state index in [1.807, 2.05) is 0 Å². The van der Waals surface area contributed by atoms with Crippen molar-refractivity contribution in [3.8, 4) is 0 Å². The summed E-state index contributed by atoms with van der Waals surface area (Å²) in [5, 5.41) is 4.79. The summed E-state index contributed by atoms with van der Waals surface area (Å²) < 4.78 is 0. The largest absolute Gasteiger partial charge is 0.358 e. The number of benzene rings is 1. The lowest BCUT2D eigenvalue weighted by molar-refractivity contribution is -0.131. The molecule has 2 aromatic rings. The van der Waals surface area contributed by atoms with Crippen LogP contribution in [0.2, 0.25) is 0 Å². The molecule has 0 saturated heterocycles. The van der Waals surface area contributed by atoms with Crippen molar-refractivity contribution in [2.24, 2.45) is 5.41 Å². The molecule has 0 spiro atoms. The van der Waals surface area contributed by atoms with Crippen molar-refractivity contribution in [3.63, 3.8) is 0 Å². The Morgan fingerprint density at radius 3 is 2.74 bits per heavy atom. The Hall–Kier alpha value is -1.81. The lowest BCUT2D eigenvalue weighted by Gasteiger charge is -2.31. The first kappa shape index (κ1) is 19.9. The molecule has 148 valence electrons. The molecule has 0 aliphatic carbocycles. The summed E-state index contributed by atoms with van der Waals surface area (Å²) in [5.41, 5.74) is 5.13. The maximum atomic E-state index is 12.9. The summed E-state index contributed by atoms with van der Waals surface area (Å²) in [6, 6.07) is 6.77. The summed E-state index contributed by atoms with van der Waals surface area (Å²) in [4.78, 5) is 18.8. The Morgan fingerprint density at radius 2 is 2.04 bits per heavy atom. The van der Waals surface area contributed by atoms with Crippen molar-refractivity contribution < 1.29 is 4.79 Å². The lowest BCUT2D eigenvalue weighted by atomic mass is 9.83. The Kier molecular flexibility index (Phi) is 5.95. The third-order valence-corrected chi connectivity index (χ3v) is 6.71. The lowest BCUT2D eigenvalue weighted by Crippen LogP contribution is -2.48. The predicted molar refractivity (Wildman–Crippen MR) is 113 cm³/mol. The van der Waals surface area contributed by atoms with Gasteiger partial charge in [-0.1, -0.05) is 32.9 Å². The van der Waals surface area contributed by atoms with Gasteiger partial charge in [-0.2, -0.15) is 0 Å². The second kappa shape index (κ2) is 8.05. The van der Waals surface area contributed by atoms with E-state index in [0.717, 1.165) is 45.2 Å². The van der Waals surface area contributed by atoms with E-state index < -0.39 is 0 Å². The second-order valence-corrected chi connectivity index (χ2v) is 8.56. The Labute approximate surface area is 163 Å². The van der Waals surface area contributed by atoms with E-state index in [2.05, 4.69) is 68.1 Å². The first-order valence-corrected chi connectivity index (χ1v) is 10.5. The average Bonchev–Trinajstić information content (AvgIpc) is 2.99. The topological polar surface area (TPSA) is 48.1 Å². The summed E-state index contributed by atoms with van der Waals surface area (Å²) in [6.45, 7) is 10.4. The van der Waals surface area contributed by atoms with Gasteiger partial charge >= 0.3 is 0 Å². The molecule has 0 fully saturated rings. The van der Waals surface area contributed by atoms with Crippen molar-refractivity contribution in [1.82, 2.24) is 15.2 Å². The molecule has 1 aliphatic rings. The van der Waals surface area contributed by atoms with Crippen molar-refractivity contribution in [2.45, 2.75) is 65.8 Å².